The first-order valence-corrected chi connectivity index (χ1v) is 9.36. The minimum Gasteiger partial charge on any atom is -0.391 e. The summed E-state index contributed by atoms with van der Waals surface area (Å²) in [6.45, 7) is 3.19. The summed E-state index contributed by atoms with van der Waals surface area (Å²) in [4.78, 5) is 15.6. The first-order chi connectivity index (χ1) is 11.6. The molecule has 3 rings (SSSR count). The molecule has 0 radical (unpaired) electrons. The molecular formula is C20H23NO2S. The highest BCUT2D eigenvalue weighted by molar-refractivity contribution is 7.98. The molecule has 0 saturated carbocycles. The molecular weight excluding hydrogens is 318 g/mol. The standard InChI is InChI=1S/C20H23NO2S/c1-15-11-12-21(13-19(15)22)20(23)17-9-7-16(8-10-17)14-24-18-5-3-2-4-6-18/h2-10,15,19,22H,11-14H2,1H3. The Kier molecular flexibility index (Phi) is 5.59. The number of nitrogens with zero attached hydrogens (tertiary/aromatic N) is 1. The number of aliphatic hydroxyl groups excluding tert-OH is 1. The molecule has 1 saturated heterocycles. The Bertz CT molecular complexity index is 672. The minimum atomic E-state index is -0.413. The molecule has 1 heterocycles. The molecule has 0 bridgehead atoms. The predicted molar refractivity (Wildman–Crippen MR) is 98.1 cm³/mol. The van der Waals surface area contributed by atoms with Crippen molar-refractivity contribution in [3.05, 3.63) is 65.7 Å². The Balaban J connectivity index is 1.59. The number of hydrogen-bond acceptors (Lipinski definition) is 3. The van der Waals surface area contributed by atoms with E-state index in [2.05, 4.69) is 12.1 Å². The van der Waals surface area contributed by atoms with Crippen LogP contribution in [-0.4, -0.2) is 35.1 Å². The summed E-state index contributed by atoms with van der Waals surface area (Å²) in [6.07, 6.45) is 0.447. The quantitative estimate of drug-likeness (QED) is 0.860. The third-order valence-electron chi connectivity index (χ3n) is 4.56. The summed E-state index contributed by atoms with van der Waals surface area (Å²) in [5, 5.41) is 9.97. The number of likely N-dealkylation sites (tertiary alicyclic amines) is 1. The predicted octanol–water partition coefficient (Wildman–Crippen LogP) is 3.82. The topological polar surface area (TPSA) is 40.5 Å². The third kappa shape index (κ3) is 4.19. The normalized spacial score (nSPS) is 20.8. The summed E-state index contributed by atoms with van der Waals surface area (Å²) < 4.78 is 0. The molecule has 1 amide bonds. The molecule has 0 aliphatic carbocycles. The van der Waals surface area contributed by atoms with Crippen molar-refractivity contribution >= 4 is 17.7 Å². The van der Waals surface area contributed by atoms with Crippen LogP contribution in [0, 0.1) is 5.92 Å². The largest absolute Gasteiger partial charge is 0.391 e. The number of rotatable bonds is 4. The van der Waals surface area contributed by atoms with Crippen LogP contribution in [0.3, 0.4) is 0 Å². The molecule has 2 aromatic rings. The number of β-amino-alcohol motifs (C(OH)–C–C–N with tert-alkyl or cyclic N) is 1. The average molecular weight is 341 g/mol. The van der Waals surface area contributed by atoms with Gasteiger partial charge < -0.3 is 10.0 Å². The van der Waals surface area contributed by atoms with Gasteiger partial charge in [-0.05, 0) is 42.2 Å². The molecule has 3 nitrogen and oxygen atoms in total. The van der Waals surface area contributed by atoms with Gasteiger partial charge in [-0.2, -0.15) is 0 Å². The van der Waals surface area contributed by atoms with E-state index in [1.807, 2.05) is 49.4 Å². The molecule has 0 aromatic heterocycles. The van der Waals surface area contributed by atoms with E-state index in [0.29, 0.717) is 12.1 Å². The fraction of sp³-hybridized carbons (Fsp3) is 0.350. The zero-order valence-corrected chi connectivity index (χ0v) is 14.7. The maximum absolute atomic E-state index is 12.6. The summed E-state index contributed by atoms with van der Waals surface area (Å²) in [7, 11) is 0. The van der Waals surface area contributed by atoms with Gasteiger partial charge in [-0.1, -0.05) is 37.3 Å². The van der Waals surface area contributed by atoms with Crippen LogP contribution < -0.4 is 0 Å². The van der Waals surface area contributed by atoms with Gasteiger partial charge in [0, 0.05) is 29.3 Å². The zero-order valence-electron chi connectivity index (χ0n) is 13.9. The number of piperidine rings is 1. The van der Waals surface area contributed by atoms with Gasteiger partial charge in [0.1, 0.15) is 0 Å². The molecule has 2 atom stereocenters. The van der Waals surface area contributed by atoms with E-state index in [1.54, 1.807) is 16.7 Å². The number of carbonyl (C=O) groups is 1. The molecule has 1 aliphatic rings. The number of benzene rings is 2. The van der Waals surface area contributed by atoms with Crippen molar-refractivity contribution in [1.82, 2.24) is 4.90 Å². The van der Waals surface area contributed by atoms with E-state index in [0.717, 1.165) is 18.7 Å². The Morgan fingerprint density at radius 2 is 1.88 bits per heavy atom. The van der Waals surface area contributed by atoms with Gasteiger partial charge in [-0.15, -0.1) is 11.8 Å². The molecule has 2 aromatic carbocycles. The highest BCUT2D eigenvalue weighted by Crippen LogP contribution is 2.23. The Morgan fingerprint density at radius 1 is 1.17 bits per heavy atom. The van der Waals surface area contributed by atoms with Crippen molar-refractivity contribution in [3.63, 3.8) is 0 Å². The van der Waals surface area contributed by atoms with Crippen LogP contribution in [0.2, 0.25) is 0 Å². The average Bonchev–Trinajstić information content (AvgIpc) is 2.63. The van der Waals surface area contributed by atoms with Crippen molar-refractivity contribution < 1.29 is 9.90 Å². The van der Waals surface area contributed by atoms with Crippen LogP contribution in [0.5, 0.6) is 0 Å². The fourth-order valence-electron chi connectivity index (χ4n) is 2.84. The van der Waals surface area contributed by atoms with E-state index in [4.69, 9.17) is 0 Å². The molecule has 24 heavy (non-hydrogen) atoms. The number of aliphatic hydroxyl groups is 1. The summed E-state index contributed by atoms with van der Waals surface area (Å²) in [5.74, 6) is 1.17. The third-order valence-corrected chi connectivity index (χ3v) is 5.64. The van der Waals surface area contributed by atoms with Crippen molar-refractivity contribution in [2.75, 3.05) is 13.1 Å². The molecule has 1 fully saturated rings. The lowest BCUT2D eigenvalue weighted by Gasteiger charge is -2.34. The van der Waals surface area contributed by atoms with Crippen LogP contribution in [0.1, 0.15) is 29.3 Å². The maximum Gasteiger partial charge on any atom is 0.253 e. The molecule has 2 unspecified atom stereocenters. The van der Waals surface area contributed by atoms with Gasteiger partial charge in [0.2, 0.25) is 0 Å². The van der Waals surface area contributed by atoms with Gasteiger partial charge in [0.25, 0.3) is 5.91 Å². The van der Waals surface area contributed by atoms with E-state index in [1.165, 1.54) is 10.5 Å². The number of hydrogen-bond donors (Lipinski definition) is 1. The summed E-state index contributed by atoms with van der Waals surface area (Å²) in [6, 6.07) is 18.1. The monoisotopic (exact) mass is 341 g/mol. The lowest BCUT2D eigenvalue weighted by Crippen LogP contribution is -2.45. The smallest absolute Gasteiger partial charge is 0.253 e. The SMILES string of the molecule is CC1CCN(C(=O)c2ccc(CSc3ccccc3)cc2)CC1O. The number of carbonyl (C=O) groups excluding carboxylic acids is 1. The van der Waals surface area contributed by atoms with Gasteiger partial charge in [-0.3, -0.25) is 4.79 Å². The molecule has 1 N–H and O–H groups in total. The van der Waals surface area contributed by atoms with Crippen molar-refractivity contribution in [2.24, 2.45) is 5.92 Å². The van der Waals surface area contributed by atoms with Gasteiger partial charge in [0.15, 0.2) is 0 Å². The fourth-order valence-corrected chi connectivity index (χ4v) is 3.72. The first-order valence-electron chi connectivity index (χ1n) is 8.37. The minimum absolute atomic E-state index is 0.0169. The molecule has 4 heteroatoms. The zero-order chi connectivity index (χ0) is 16.9. The van der Waals surface area contributed by atoms with Gasteiger partial charge in [0.05, 0.1) is 6.10 Å². The van der Waals surface area contributed by atoms with E-state index >= 15 is 0 Å². The summed E-state index contributed by atoms with van der Waals surface area (Å²) >= 11 is 1.79. The van der Waals surface area contributed by atoms with Crippen LogP contribution in [0.25, 0.3) is 0 Å². The van der Waals surface area contributed by atoms with Crippen LogP contribution in [0.4, 0.5) is 0 Å². The second kappa shape index (κ2) is 7.86. The number of amides is 1. The molecule has 0 spiro atoms. The van der Waals surface area contributed by atoms with Crippen LogP contribution in [0.15, 0.2) is 59.5 Å². The van der Waals surface area contributed by atoms with E-state index in [9.17, 15) is 9.90 Å². The molecule has 1 aliphatic heterocycles. The summed E-state index contributed by atoms with van der Waals surface area (Å²) in [5.41, 5.74) is 1.90. The second-order valence-electron chi connectivity index (χ2n) is 6.38. The number of thioether (sulfide) groups is 1. The van der Waals surface area contributed by atoms with Crippen molar-refractivity contribution in [3.8, 4) is 0 Å². The first kappa shape index (κ1) is 17.1. The Labute approximate surface area is 147 Å². The van der Waals surface area contributed by atoms with Gasteiger partial charge >= 0.3 is 0 Å². The van der Waals surface area contributed by atoms with Crippen molar-refractivity contribution in [2.45, 2.75) is 30.1 Å². The van der Waals surface area contributed by atoms with Crippen LogP contribution in [-0.2, 0) is 5.75 Å². The van der Waals surface area contributed by atoms with E-state index in [-0.39, 0.29) is 11.8 Å². The van der Waals surface area contributed by atoms with Gasteiger partial charge in [-0.25, -0.2) is 0 Å². The lowest BCUT2D eigenvalue weighted by atomic mass is 9.95. The lowest BCUT2D eigenvalue weighted by molar-refractivity contribution is 0.0248. The van der Waals surface area contributed by atoms with Crippen molar-refractivity contribution in [1.29, 1.82) is 0 Å². The second-order valence-corrected chi connectivity index (χ2v) is 7.43. The Hall–Kier alpha value is -1.78. The maximum atomic E-state index is 12.6. The molecule has 126 valence electrons. The van der Waals surface area contributed by atoms with Crippen LogP contribution >= 0.6 is 11.8 Å². The highest BCUT2D eigenvalue weighted by atomic mass is 32.2. The highest BCUT2D eigenvalue weighted by Gasteiger charge is 2.27. The van der Waals surface area contributed by atoms with E-state index < -0.39 is 6.10 Å². The Morgan fingerprint density at radius 3 is 2.54 bits per heavy atom.